The van der Waals surface area contributed by atoms with E-state index in [2.05, 4.69) is 0 Å². The zero-order chi connectivity index (χ0) is 14.0. The van der Waals surface area contributed by atoms with E-state index in [1.54, 1.807) is 26.0 Å². The molecule has 0 atom stereocenters. The Labute approximate surface area is 111 Å². The molecule has 0 fully saturated rings. The normalized spacial score (nSPS) is 12.5. The summed E-state index contributed by atoms with van der Waals surface area (Å²) in [6.45, 7) is 3.48. The van der Waals surface area contributed by atoms with Crippen LogP contribution in [0.1, 0.15) is 42.6 Å². The molecule has 0 amide bonds. The first-order valence-corrected chi connectivity index (χ1v) is 7.63. The highest BCUT2D eigenvalue weighted by atomic mass is 35.5. The first-order chi connectivity index (χ1) is 8.28. The lowest BCUT2D eigenvalue weighted by atomic mass is 9.92. The van der Waals surface area contributed by atoms with Crippen LogP contribution in [0.25, 0.3) is 0 Å². The van der Waals surface area contributed by atoms with Crippen molar-refractivity contribution in [3.63, 3.8) is 0 Å². The van der Waals surface area contributed by atoms with Crippen molar-refractivity contribution >= 4 is 24.4 Å². The van der Waals surface area contributed by atoms with Crippen LogP contribution < -0.4 is 0 Å². The third-order valence-corrected chi connectivity index (χ3v) is 5.60. The lowest BCUT2D eigenvalue weighted by molar-refractivity contribution is 0.108. The van der Waals surface area contributed by atoms with Crippen molar-refractivity contribution in [3.05, 3.63) is 35.4 Å². The lowest BCUT2D eigenvalue weighted by Gasteiger charge is -2.32. The van der Waals surface area contributed by atoms with Crippen LogP contribution in [0.15, 0.2) is 24.3 Å². The van der Waals surface area contributed by atoms with E-state index in [0.717, 1.165) is 0 Å². The van der Waals surface area contributed by atoms with E-state index in [1.165, 1.54) is 12.1 Å². The van der Waals surface area contributed by atoms with Crippen LogP contribution in [0.2, 0.25) is 0 Å². The standard InChI is InChI=1S/C12H16ClO4P/c1-3-12(4-2,18(15,16)17)10-7-5-9(6-8-10)11(13)14/h5-8H,3-4H2,1-2H3,(H2,15,16,17). The van der Waals surface area contributed by atoms with Gasteiger partial charge in [-0.15, -0.1) is 0 Å². The molecule has 2 N–H and O–H groups in total. The molecule has 0 aliphatic heterocycles. The summed E-state index contributed by atoms with van der Waals surface area (Å²) in [5.74, 6) is 0. The Hall–Kier alpha value is -0.670. The van der Waals surface area contributed by atoms with Crippen molar-refractivity contribution in [1.82, 2.24) is 0 Å². The van der Waals surface area contributed by atoms with Crippen LogP contribution in [0.3, 0.4) is 0 Å². The van der Waals surface area contributed by atoms with Gasteiger partial charge >= 0.3 is 7.60 Å². The van der Waals surface area contributed by atoms with Crippen LogP contribution in [0.4, 0.5) is 0 Å². The second-order valence-electron chi connectivity index (χ2n) is 4.13. The van der Waals surface area contributed by atoms with E-state index in [9.17, 15) is 19.1 Å². The molecule has 18 heavy (non-hydrogen) atoms. The van der Waals surface area contributed by atoms with Crippen molar-refractivity contribution in [2.45, 2.75) is 31.8 Å². The molecule has 0 aromatic heterocycles. The molecular weight excluding hydrogens is 275 g/mol. The summed E-state index contributed by atoms with van der Waals surface area (Å²) >= 11 is 5.33. The summed E-state index contributed by atoms with van der Waals surface area (Å²) in [4.78, 5) is 30.1. The summed E-state index contributed by atoms with van der Waals surface area (Å²) in [6, 6.07) is 6.09. The molecule has 0 unspecified atom stereocenters. The quantitative estimate of drug-likeness (QED) is 0.645. The summed E-state index contributed by atoms with van der Waals surface area (Å²) in [5, 5.41) is -1.78. The number of hydrogen-bond acceptors (Lipinski definition) is 2. The van der Waals surface area contributed by atoms with Crippen LogP contribution in [0, 0.1) is 0 Å². The van der Waals surface area contributed by atoms with Gasteiger partial charge in [-0.05, 0) is 42.1 Å². The maximum absolute atomic E-state index is 11.7. The van der Waals surface area contributed by atoms with Gasteiger partial charge in [-0.3, -0.25) is 9.36 Å². The first-order valence-electron chi connectivity index (χ1n) is 5.64. The zero-order valence-corrected chi connectivity index (χ0v) is 11.9. The topological polar surface area (TPSA) is 74.6 Å². The molecular formula is C12H16ClO4P. The molecule has 0 saturated heterocycles. The van der Waals surface area contributed by atoms with Crippen LogP contribution in [-0.2, 0) is 9.72 Å². The fraction of sp³-hybridized carbons (Fsp3) is 0.417. The maximum atomic E-state index is 11.7. The van der Waals surface area contributed by atoms with E-state index < -0.39 is 18.0 Å². The van der Waals surface area contributed by atoms with Crippen LogP contribution in [0.5, 0.6) is 0 Å². The Balaban J connectivity index is 3.32. The van der Waals surface area contributed by atoms with E-state index in [-0.39, 0.29) is 0 Å². The highest BCUT2D eigenvalue weighted by molar-refractivity contribution is 7.53. The molecule has 0 saturated carbocycles. The second-order valence-corrected chi connectivity index (χ2v) is 6.42. The Morgan fingerprint density at radius 1 is 1.22 bits per heavy atom. The van der Waals surface area contributed by atoms with E-state index >= 15 is 0 Å². The number of benzene rings is 1. The molecule has 0 aliphatic rings. The molecule has 1 aromatic carbocycles. The number of halogens is 1. The maximum Gasteiger partial charge on any atom is 0.335 e. The third kappa shape index (κ3) is 2.67. The summed E-state index contributed by atoms with van der Waals surface area (Å²) in [5.41, 5.74) is 0.842. The van der Waals surface area contributed by atoms with Gasteiger partial charge in [-0.1, -0.05) is 26.0 Å². The van der Waals surface area contributed by atoms with Gasteiger partial charge in [0.15, 0.2) is 0 Å². The minimum atomic E-state index is -4.29. The number of hydrogen-bond donors (Lipinski definition) is 2. The molecule has 100 valence electrons. The van der Waals surface area contributed by atoms with Gasteiger partial charge in [-0.25, -0.2) is 0 Å². The second kappa shape index (κ2) is 5.54. The monoisotopic (exact) mass is 290 g/mol. The Morgan fingerprint density at radius 3 is 1.94 bits per heavy atom. The van der Waals surface area contributed by atoms with Gasteiger partial charge < -0.3 is 9.79 Å². The fourth-order valence-electron chi connectivity index (χ4n) is 2.15. The zero-order valence-electron chi connectivity index (χ0n) is 10.3. The lowest BCUT2D eigenvalue weighted by Crippen LogP contribution is -2.24. The Bertz CT molecular complexity index is 473. The van der Waals surface area contributed by atoms with Gasteiger partial charge in [-0.2, -0.15) is 0 Å². The van der Waals surface area contributed by atoms with Gasteiger partial charge in [0.2, 0.25) is 0 Å². The van der Waals surface area contributed by atoms with Gasteiger partial charge in [0.1, 0.15) is 0 Å². The molecule has 1 rings (SSSR count). The van der Waals surface area contributed by atoms with Crippen molar-refractivity contribution in [2.75, 3.05) is 0 Å². The van der Waals surface area contributed by atoms with Crippen molar-refractivity contribution in [1.29, 1.82) is 0 Å². The van der Waals surface area contributed by atoms with Gasteiger partial charge in [0, 0.05) is 5.56 Å². The van der Waals surface area contributed by atoms with Gasteiger partial charge in [0.05, 0.1) is 5.16 Å². The summed E-state index contributed by atoms with van der Waals surface area (Å²) in [7, 11) is -4.29. The summed E-state index contributed by atoms with van der Waals surface area (Å²) in [6.07, 6.45) is 0.643. The SMILES string of the molecule is CCC(CC)(c1ccc(C(=O)Cl)cc1)P(=O)(O)O. The van der Waals surface area contributed by atoms with E-state index in [0.29, 0.717) is 24.0 Å². The molecule has 0 aliphatic carbocycles. The van der Waals surface area contributed by atoms with Crippen molar-refractivity contribution in [2.24, 2.45) is 0 Å². The first kappa shape index (κ1) is 15.4. The van der Waals surface area contributed by atoms with E-state index in [1.807, 2.05) is 0 Å². The Kier molecular flexibility index (Phi) is 4.73. The molecule has 0 radical (unpaired) electrons. The number of carbonyl (C=O) groups is 1. The van der Waals surface area contributed by atoms with Crippen molar-refractivity contribution < 1.29 is 19.1 Å². The minimum Gasteiger partial charge on any atom is -0.324 e. The summed E-state index contributed by atoms with van der Waals surface area (Å²) < 4.78 is 11.7. The largest absolute Gasteiger partial charge is 0.335 e. The predicted molar refractivity (Wildman–Crippen MR) is 70.9 cm³/mol. The fourth-order valence-corrected chi connectivity index (χ4v) is 3.59. The van der Waals surface area contributed by atoms with Crippen LogP contribution in [-0.4, -0.2) is 15.0 Å². The van der Waals surface area contributed by atoms with Crippen LogP contribution >= 0.6 is 19.2 Å². The third-order valence-electron chi connectivity index (χ3n) is 3.38. The number of rotatable bonds is 5. The molecule has 0 heterocycles. The molecule has 0 spiro atoms. The molecule has 4 nitrogen and oxygen atoms in total. The average molecular weight is 291 g/mol. The molecule has 1 aromatic rings. The highest BCUT2D eigenvalue weighted by Crippen LogP contribution is 2.60. The number of carbonyl (C=O) groups excluding carboxylic acids is 1. The van der Waals surface area contributed by atoms with E-state index in [4.69, 9.17) is 11.6 Å². The smallest absolute Gasteiger partial charge is 0.324 e. The molecule has 6 heteroatoms. The molecule has 0 bridgehead atoms. The average Bonchev–Trinajstić information content (AvgIpc) is 2.30. The Morgan fingerprint density at radius 2 is 1.67 bits per heavy atom. The van der Waals surface area contributed by atoms with Gasteiger partial charge in [0.25, 0.3) is 5.24 Å². The predicted octanol–water partition coefficient (Wildman–Crippen LogP) is 3.26. The minimum absolute atomic E-state index is 0.312. The highest BCUT2D eigenvalue weighted by Gasteiger charge is 2.45. The van der Waals surface area contributed by atoms with Crippen molar-refractivity contribution in [3.8, 4) is 0 Å².